The van der Waals surface area contributed by atoms with E-state index in [4.69, 9.17) is 0 Å². The van der Waals surface area contributed by atoms with Gasteiger partial charge in [-0.1, -0.05) is 39.0 Å². The predicted molar refractivity (Wildman–Crippen MR) is 76.8 cm³/mol. The number of aromatic nitrogens is 2. The first-order valence-corrected chi connectivity index (χ1v) is 6.49. The molecule has 3 nitrogen and oxygen atoms in total. The average molecular weight is 256 g/mol. The standard InChI is InChI=1S/C16H20N2O/c1-11-14(15(19)16(3,4)5)12(2)18(17-11)13-9-7-6-8-10-13/h6-10H,1-5H3. The van der Waals surface area contributed by atoms with Gasteiger partial charge in [0.05, 0.1) is 22.6 Å². The van der Waals surface area contributed by atoms with Crippen LogP contribution in [0.3, 0.4) is 0 Å². The second-order valence-electron chi connectivity index (χ2n) is 5.87. The summed E-state index contributed by atoms with van der Waals surface area (Å²) < 4.78 is 1.84. The fourth-order valence-electron chi connectivity index (χ4n) is 2.17. The number of aryl methyl sites for hydroxylation is 1. The summed E-state index contributed by atoms with van der Waals surface area (Å²) in [6.07, 6.45) is 0. The Morgan fingerprint density at radius 1 is 1.11 bits per heavy atom. The van der Waals surface area contributed by atoms with Gasteiger partial charge < -0.3 is 0 Å². The van der Waals surface area contributed by atoms with Crippen LogP contribution in [-0.4, -0.2) is 15.6 Å². The van der Waals surface area contributed by atoms with Crippen LogP contribution in [0, 0.1) is 19.3 Å². The number of ketones is 1. The number of hydrogen-bond acceptors (Lipinski definition) is 2. The molecule has 0 fully saturated rings. The van der Waals surface area contributed by atoms with Crippen molar-refractivity contribution < 1.29 is 4.79 Å². The zero-order valence-electron chi connectivity index (χ0n) is 12.2. The molecule has 0 saturated heterocycles. The van der Waals surface area contributed by atoms with E-state index < -0.39 is 0 Å². The molecule has 0 spiro atoms. The van der Waals surface area contributed by atoms with Crippen molar-refractivity contribution in [3.63, 3.8) is 0 Å². The van der Waals surface area contributed by atoms with E-state index in [1.165, 1.54) is 0 Å². The fraction of sp³-hybridized carbons (Fsp3) is 0.375. The Labute approximate surface area is 114 Å². The third kappa shape index (κ3) is 2.46. The number of benzene rings is 1. The highest BCUT2D eigenvalue weighted by molar-refractivity contribution is 6.01. The number of nitrogens with zero attached hydrogens (tertiary/aromatic N) is 2. The molecular formula is C16H20N2O. The maximum Gasteiger partial charge on any atom is 0.171 e. The van der Waals surface area contributed by atoms with E-state index in [1.54, 1.807) is 0 Å². The van der Waals surface area contributed by atoms with Gasteiger partial charge in [-0.2, -0.15) is 5.10 Å². The molecule has 2 rings (SSSR count). The van der Waals surface area contributed by atoms with Gasteiger partial charge in [0.25, 0.3) is 0 Å². The number of hydrogen-bond donors (Lipinski definition) is 0. The lowest BCUT2D eigenvalue weighted by atomic mass is 9.86. The van der Waals surface area contributed by atoms with Crippen molar-refractivity contribution >= 4 is 5.78 Å². The maximum atomic E-state index is 12.5. The van der Waals surface area contributed by atoms with Crippen LogP contribution < -0.4 is 0 Å². The second-order valence-corrected chi connectivity index (χ2v) is 5.87. The lowest BCUT2D eigenvalue weighted by Gasteiger charge is -2.16. The molecule has 0 saturated carbocycles. The van der Waals surface area contributed by atoms with Gasteiger partial charge in [0, 0.05) is 5.41 Å². The molecule has 1 aromatic heterocycles. The third-order valence-electron chi connectivity index (χ3n) is 3.20. The molecule has 2 aromatic rings. The Bertz CT molecular complexity index is 604. The van der Waals surface area contributed by atoms with Crippen LogP contribution in [0.2, 0.25) is 0 Å². The molecule has 19 heavy (non-hydrogen) atoms. The molecule has 0 aliphatic rings. The van der Waals surface area contributed by atoms with E-state index in [0.29, 0.717) is 0 Å². The highest BCUT2D eigenvalue weighted by atomic mass is 16.1. The van der Waals surface area contributed by atoms with Crippen LogP contribution >= 0.6 is 0 Å². The first-order chi connectivity index (χ1) is 8.82. The van der Waals surface area contributed by atoms with Gasteiger partial charge in [0.2, 0.25) is 0 Å². The Morgan fingerprint density at radius 3 is 2.21 bits per heavy atom. The SMILES string of the molecule is Cc1nn(-c2ccccc2)c(C)c1C(=O)C(C)(C)C. The van der Waals surface area contributed by atoms with E-state index in [0.717, 1.165) is 22.6 Å². The number of Topliss-reactive ketones (excluding diaryl/α,β-unsaturated/α-hetero) is 1. The van der Waals surface area contributed by atoms with Crippen LogP contribution in [0.5, 0.6) is 0 Å². The van der Waals surface area contributed by atoms with Crippen LogP contribution in [0.1, 0.15) is 42.5 Å². The molecule has 1 aromatic carbocycles. The second kappa shape index (κ2) is 4.65. The Hall–Kier alpha value is -1.90. The summed E-state index contributed by atoms with van der Waals surface area (Å²) in [4.78, 5) is 12.5. The normalized spacial score (nSPS) is 11.6. The molecule has 100 valence electrons. The highest BCUT2D eigenvalue weighted by Gasteiger charge is 2.28. The Morgan fingerprint density at radius 2 is 1.68 bits per heavy atom. The molecule has 0 amide bonds. The summed E-state index contributed by atoms with van der Waals surface area (Å²) in [6.45, 7) is 9.66. The molecule has 1 heterocycles. The van der Waals surface area contributed by atoms with E-state index in [9.17, 15) is 4.79 Å². The molecular weight excluding hydrogens is 236 g/mol. The molecule has 0 unspecified atom stereocenters. The van der Waals surface area contributed by atoms with E-state index in [1.807, 2.05) is 69.6 Å². The number of carbonyl (C=O) groups excluding carboxylic acids is 1. The summed E-state index contributed by atoms with van der Waals surface area (Å²) in [5.41, 5.74) is 3.04. The molecule has 0 radical (unpaired) electrons. The summed E-state index contributed by atoms with van der Waals surface area (Å²) in [5.74, 6) is 0.143. The van der Waals surface area contributed by atoms with E-state index in [2.05, 4.69) is 5.10 Å². The van der Waals surface area contributed by atoms with Crippen molar-refractivity contribution in [3.05, 3.63) is 47.3 Å². The van der Waals surface area contributed by atoms with Crippen LogP contribution in [0.4, 0.5) is 0 Å². The van der Waals surface area contributed by atoms with Gasteiger partial charge in [-0.3, -0.25) is 4.79 Å². The van der Waals surface area contributed by atoms with Crippen LogP contribution in [-0.2, 0) is 0 Å². The van der Waals surface area contributed by atoms with Crippen LogP contribution in [0.25, 0.3) is 5.69 Å². The quantitative estimate of drug-likeness (QED) is 0.768. The summed E-state index contributed by atoms with van der Waals surface area (Å²) >= 11 is 0. The van der Waals surface area contributed by atoms with Crippen molar-refractivity contribution in [2.24, 2.45) is 5.41 Å². The average Bonchev–Trinajstić information content (AvgIpc) is 2.64. The van der Waals surface area contributed by atoms with Gasteiger partial charge in [-0.05, 0) is 26.0 Å². The summed E-state index contributed by atoms with van der Waals surface area (Å²) in [6, 6.07) is 9.89. The minimum Gasteiger partial charge on any atom is -0.293 e. The van der Waals surface area contributed by atoms with Gasteiger partial charge >= 0.3 is 0 Å². The largest absolute Gasteiger partial charge is 0.293 e. The minimum atomic E-state index is -0.389. The number of para-hydroxylation sites is 1. The highest BCUT2D eigenvalue weighted by Crippen LogP contribution is 2.26. The summed E-state index contributed by atoms with van der Waals surface area (Å²) in [5, 5.41) is 4.51. The van der Waals surface area contributed by atoms with Crippen molar-refractivity contribution in [1.29, 1.82) is 0 Å². The smallest absolute Gasteiger partial charge is 0.171 e. The van der Waals surface area contributed by atoms with Gasteiger partial charge in [-0.25, -0.2) is 4.68 Å². The third-order valence-corrected chi connectivity index (χ3v) is 3.20. The Balaban J connectivity index is 2.56. The van der Waals surface area contributed by atoms with Crippen molar-refractivity contribution in [2.45, 2.75) is 34.6 Å². The predicted octanol–water partition coefficient (Wildman–Crippen LogP) is 3.72. The zero-order chi connectivity index (χ0) is 14.2. The zero-order valence-corrected chi connectivity index (χ0v) is 12.2. The number of rotatable bonds is 2. The lowest BCUT2D eigenvalue weighted by molar-refractivity contribution is 0.0857. The molecule has 3 heteroatoms. The molecule has 0 aliphatic heterocycles. The van der Waals surface area contributed by atoms with E-state index in [-0.39, 0.29) is 11.2 Å². The summed E-state index contributed by atoms with van der Waals surface area (Å²) in [7, 11) is 0. The molecule has 0 atom stereocenters. The Kier molecular flexibility index (Phi) is 3.31. The van der Waals surface area contributed by atoms with Crippen molar-refractivity contribution in [1.82, 2.24) is 9.78 Å². The first kappa shape index (κ1) is 13.5. The monoisotopic (exact) mass is 256 g/mol. The molecule has 0 aliphatic carbocycles. The minimum absolute atomic E-state index is 0.143. The molecule has 0 bridgehead atoms. The van der Waals surface area contributed by atoms with Gasteiger partial charge in [0.1, 0.15) is 0 Å². The fourth-order valence-corrected chi connectivity index (χ4v) is 2.17. The van der Waals surface area contributed by atoms with E-state index >= 15 is 0 Å². The van der Waals surface area contributed by atoms with Crippen molar-refractivity contribution in [3.8, 4) is 5.69 Å². The van der Waals surface area contributed by atoms with Crippen LogP contribution in [0.15, 0.2) is 30.3 Å². The lowest BCUT2D eigenvalue weighted by Crippen LogP contribution is -2.21. The van der Waals surface area contributed by atoms with Gasteiger partial charge in [0.15, 0.2) is 5.78 Å². The molecule has 0 N–H and O–H groups in total. The topological polar surface area (TPSA) is 34.9 Å². The van der Waals surface area contributed by atoms with Gasteiger partial charge in [-0.15, -0.1) is 0 Å². The van der Waals surface area contributed by atoms with Crippen molar-refractivity contribution in [2.75, 3.05) is 0 Å². The first-order valence-electron chi connectivity index (χ1n) is 6.49. The maximum absolute atomic E-state index is 12.5. The number of carbonyl (C=O) groups is 1.